The third-order valence-corrected chi connectivity index (χ3v) is 8.15. The van der Waals surface area contributed by atoms with E-state index in [1.165, 1.54) is 23.1 Å². The highest BCUT2D eigenvalue weighted by atomic mass is 32.2. The van der Waals surface area contributed by atoms with E-state index >= 15 is 0 Å². The van der Waals surface area contributed by atoms with Gasteiger partial charge in [-0.15, -0.1) is 11.8 Å². The molecule has 1 unspecified atom stereocenters. The quantitative estimate of drug-likeness (QED) is 0.838. The molecular weight excluding hydrogens is 384 g/mol. The van der Waals surface area contributed by atoms with Gasteiger partial charge in [0.15, 0.2) is 26.5 Å². The summed E-state index contributed by atoms with van der Waals surface area (Å²) in [6.07, 6.45) is 0.618. The van der Waals surface area contributed by atoms with E-state index in [-0.39, 0.29) is 28.4 Å². The fraction of sp³-hybridized carbons (Fsp3) is 0.467. The van der Waals surface area contributed by atoms with Crippen LogP contribution in [0.5, 0.6) is 11.5 Å². The molecule has 1 atom stereocenters. The minimum Gasteiger partial charge on any atom is -0.486 e. The van der Waals surface area contributed by atoms with Gasteiger partial charge >= 0.3 is 0 Å². The summed E-state index contributed by atoms with van der Waals surface area (Å²) in [6, 6.07) is 3.68. The highest BCUT2D eigenvalue weighted by Gasteiger charge is 2.28. The number of carbonyl (C=O) groups excluding carboxylic acids is 1. The number of ether oxygens (including phenoxy) is 2. The van der Waals surface area contributed by atoms with Crippen LogP contribution in [-0.2, 0) is 14.6 Å². The van der Waals surface area contributed by atoms with Crippen LogP contribution in [0.4, 0.5) is 5.13 Å². The lowest BCUT2D eigenvalue weighted by molar-refractivity contribution is -0.113. The topological polar surface area (TPSA) is 94.6 Å². The van der Waals surface area contributed by atoms with Crippen LogP contribution < -0.4 is 14.8 Å². The Balaban J connectivity index is 1.39. The van der Waals surface area contributed by atoms with Crippen LogP contribution in [0.2, 0.25) is 0 Å². The van der Waals surface area contributed by atoms with Crippen molar-refractivity contribution in [2.24, 2.45) is 0 Å². The first-order valence-electron chi connectivity index (χ1n) is 7.80. The largest absolute Gasteiger partial charge is 0.486 e. The van der Waals surface area contributed by atoms with E-state index in [1.807, 2.05) is 12.1 Å². The zero-order valence-corrected chi connectivity index (χ0v) is 15.6. The number of benzene rings is 1. The Hall–Kier alpha value is -1.52. The molecule has 0 saturated carbocycles. The average Bonchev–Trinajstić information content (AvgIpc) is 3.12. The third kappa shape index (κ3) is 3.85. The number of hydrogen-bond donors (Lipinski definition) is 1. The van der Waals surface area contributed by atoms with Gasteiger partial charge in [0, 0.05) is 17.4 Å². The van der Waals surface area contributed by atoms with Crippen LogP contribution in [0.25, 0.3) is 10.2 Å². The molecule has 1 aromatic heterocycles. The summed E-state index contributed by atoms with van der Waals surface area (Å²) in [5.41, 5.74) is 0.749. The second-order valence-corrected chi connectivity index (χ2v) is 10.4. The lowest BCUT2D eigenvalue weighted by atomic mass is 10.3. The van der Waals surface area contributed by atoms with Gasteiger partial charge in [0.05, 0.1) is 27.5 Å². The number of rotatable bonds is 4. The van der Waals surface area contributed by atoms with Gasteiger partial charge in [-0.25, -0.2) is 13.4 Å². The molecule has 134 valence electrons. The van der Waals surface area contributed by atoms with E-state index in [0.717, 1.165) is 10.2 Å². The van der Waals surface area contributed by atoms with E-state index in [2.05, 4.69) is 10.3 Å². The number of nitrogens with one attached hydrogen (secondary N) is 1. The molecule has 3 heterocycles. The lowest BCUT2D eigenvalue weighted by Gasteiger charge is -2.17. The first kappa shape index (κ1) is 16.9. The van der Waals surface area contributed by atoms with Crippen LogP contribution in [0.3, 0.4) is 0 Å². The maximum atomic E-state index is 12.1. The molecule has 2 aliphatic heterocycles. The number of hydrogen-bond acceptors (Lipinski definition) is 8. The minimum absolute atomic E-state index is 0.00661. The van der Waals surface area contributed by atoms with Crippen LogP contribution in [0, 0.1) is 0 Å². The molecule has 1 N–H and O–H groups in total. The van der Waals surface area contributed by atoms with Gasteiger partial charge in [-0.2, -0.15) is 0 Å². The summed E-state index contributed by atoms with van der Waals surface area (Å²) in [7, 11) is -2.91. The zero-order valence-electron chi connectivity index (χ0n) is 13.2. The van der Waals surface area contributed by atoms with Crippen molar-refractivity contribution in [1.29, 1.82) is 0 Å². The van der Waals surface area contributed by atoms with Crippen molar-refractivity contribution >= 4 is 54.2 Å². The van der Waals surface area contributed by atoms with Gasteiger partial charge in [0.2, 0.25) is 5.91 Å². The number of amides is 1. The Labute approximate surface area is 153 Å². The fourth-order valence-corrected chi connectivity index (χ4v) is 7.10. The Morgan fingerprint density at radius 2 is 2.08 bits per heavy atom. The molecule has 0 bridgehead atoms. The molecular formula is C15H16N2O5S3. The molecule has 10 heteroatoms. The SMILES string of the molecule is O=C(CSC1CCS(=O)(=O)C1)Nc1nc2cc3c(cc2s1)OCCO3. The van der Waals surface area contributed by atoms with E-state index < -0.39 is 9.84 Å². The van der Waals surface area contributed by atoms with Gasteiger partial charge in [-0.05, 0) is 6.42 Å². The van der Waals surface area contributed by atoms with Crippen molar-refractivity contribution in [3.63, 3.8) is 0 Å². The second kappa shape index (κ2) is 6.65. The highest BCUT2D eigenvalue weighted by Crippen LogP contribution is 2.37. The molecule has 0 radical (unpaired) electrons. The molecule has 1 aromatic carbocycles. The normalized spacial score (nSPS) is 21.4. The minimum atomic E-state index is -2.91. The Kier molecular flexibility index (Phi) is 4.50. The number of thioether (sulfide) groups is 1. The van der Waals surface area contributed by atoms with E-state index in [0.29, 0.717) is 36.3 Å². The summed E-state index contributed by atoms with van der Waals surface area (Å²) >= 11 is 2.76. The number of carbonyl (C=O) groups is 1. The summed E-state index contributed by atoms with van der Waals surface area (Å²) < 4.78 is 34.9. The van der Waals surface area contributed by atoms with Gasteiger partial charge in [0.1, 0.15) is 13.2 Å². The van der Waals surface area contributed by atoms with Crippen molar-refractivity contribution in [2.75, 3.05) is 35.8 Å². The smallest absolute Gasteiger partial charge is 0.236 e. The average molecular weight is 401 g/mol. The summed E-state index contributed by atoms with van der Waals surface area (Å²) in [6.45, 7) is 1.04. The van der Waals surface area contributed by atoms with Crippen molar-refractivity contribution < 1.29 is 22.7 Å². The zero-order chi connectivity index (χ0) is 17.4. The van der Waals surface area contributed by atoms with E-state index in [1.54, 1.807) is 0 Å². The molecule has 1 saturated heterocycles. The first-order chi connectivity index (χ1) is 12.0. The van der Waals surface area contributed by atoms with Gasteiger partial charge in [0.25, 0.3) is 0 Å². The molecule has 1 fully saturated rings. The molecule has 2 aliphatic rings. The third-order valence-electron chi connectivity index (χ3n) is 3.94. The molecule has 25 heavy (non-hydrogen) atoms. The summed E-state index contributed by atoms with van der Waals surface area (Å²) in [5.74, 6) is 1.79. The highest BCUT2D eigenvalue weighted by molar-refractivity contribution is 8.02. The monoisotopic (exact) mass is 400 g/mol. The molecule has 7 nitrogen and oxygen atoms in total. The molecule has 2 aromatic rings. The molecule has 4 rings (SSSR count). The standard InChI is InChI=1S/C15H16N2O5S3/c18-14(7-23-9-1-4-25(19,20)8-9)17-15-16-10-5-11-12(6-13(10)24-15)22-3-2-21-11/h5-6,9H,1-4,7-8H2,(H,16,17,18). The maximum Gasteiger partial charge on any atom is 0.236 e. The number of nitrogens with zero attached hydrogens (tertiary/aromatic N) is 1. The number of aromatic nitrogens is 1. The van der Waals surface area contributed by atoms with Crippen LogP contribution in [-0.4, -0.2) is 55.0 Å². The predicted octanol–water partition coefficient (Wildman–Crippen LogP) is 1.93. The van der Waals surface area contributed by atoms with E-state index in [9.17, 15) is 13.2 Å². The van der Waals surface area contributed by atoms with Gasteiger partial charge in [-0.3, -0.25) is 4.79 Å². The maximum absolute atomic E-state index is 12.1. The predicted molar refractivity (Wildman–Crippen MR) is 98.8 cm³/mol. The first-order valence-corrected chi connectivity index (χ1v) is 11.5. The Morgan fingerprint density at radius 1 is 1.32 bits per heavy atom. The fourth-order valence-electron chi connectivity index (χ4n) is 2.76. The van der Waals surface area contributed by atoms with Crippen molar-refractivity contribution in [3.05, 3.63) is 12.1 Å². The number of anilines is 1. The summed E-state index contributed by atoms with van der Waals surface area (Å²) in [4.78, 5) is 16.5. The molecule has 0 aliphatic carbocycles. The lowest BCUT2D eigenvalue weighted by Crippen LogP contribution is -2.17. The number of fused-ring (bicyclic) bond motifs is 2. The van der Waals surface area contributed by atoms with Crippen molar-refractivity contribution in [3.8, 4) is 11.5 Å². The van der Waals surface area contributed by atoms with Gasteiger partial charge in [-0.1, -0.05) is 11.3 Å². The van der Waals surface area contributed by atoms with Crippen molar-refractivity contribution in [2.45, 2.75) is 11.7 Å². The van der Waals surface area contributed by atoms with Crippen LogP contribution >= 0.6 is 23.1 Å². The number of sulfone groups is 1. The molecule has 1 amide bonds. The number of thiazole rings is 1. The second-order valence-electron chi connectivity index (χ2n) is 5.87. The Morgan fingerprint density at radius 3 is 2.80 bits per heavy atom. The van der Waals surface area contributed by atoms with Crippen LogP contribution in [0.1, 0.15) is 6.42 Å². The van der Waals surface area contributed by atoms with Gasteiger partial charge < -0.3 is 14.8 Å². The summed E-state index contributed by atoms with van der Waals surface area (Å²) in [5, 5.41) is 3.31. The molecule has 0 spiro atoms. The Bertz CT molecular complexity index is 882. The van der Waals surface area contributed by atoms with Crippen LogP contribution in [0.15, 0.2) is 12.1 Å². The van der Waals surface area contributed by atoms with Crippen molar-refractivity contribution in [1.82, 2.24) is 4.98 Å². The van der Waals surface area contributed by atoms with E-state index in [4.69, 9.17) is 9.47 Å².